The minimum atomic E-state index is 0.451. The summed E-state index contributed by atoms with van der Waals surface area (Å²) in [6.07, 6.45) is 3.56. The van der Waals surface area contributed by atoms with Gasteiger partial charge < -0.3 is 10.5 Å². The van der Waals surface area contributed by atoms with Crippen molar-refractivity contribution in [1.29, 1.82) is 0 Å². The summed E-state index contributed by atoms with van der Waals surface area (Å²) >= 11 is 1.81. The molecule has 0 saturated carbocycles. The van der Waals surface area contributed by atoms with Crippen LogP contribution in [0.25, 0.3) is 10.6 Å². The number of aryl methyl sites for hydroxylation is 1. The minimum Gasteiger partial charge on any atom is -0.497 e. The average molecular weight is 274 g/mol. The Balaban J connectivity index is 1.95. The van der Waals surface area contributed by atoms with Crippen molar-refractivity contribution in [2.24, 2.45) is 5.73 Å². The molecule has 2 aromatic rings. The van der Waals surface area contributed by atoms with E-state index in [-0.39, 0.29) is 0 Å². The Morgan fingerprint density at radius 3 is 2.84 bits per heavy atom. The molecule has 1 atom stereocenters. The van der Waals surface area contributed by atoms with Gasteiger partial charge in [-0.15, -0.1) is 11.3 Å². The first-order chi connectivity index (χ1) is 9.31. The molecular formula is C15H18N2OS. The largest absolute Gasteiger partial charge is 0.497 e. The standard InChI is InChI=1S/C15H18N2OS/c1-18-12-7-5-10(6-8-12)15-17-14-11(9-16)3-2-4-13(14)19-15/h5-8,11H,2-4,9,16H2,1H3. The van der Waals surface area contributed by atoms with Crippen LogP contribution in [0.2, 0.25) is 0 Å². The van der Waals surface area contributed by atoms with E-state index in [2.05, 4.69) is 12.1 Å². The molecule has 0 amide bonds. The predicted octanol–water partition coefficient (Wildman–Crippen LogP) is 3.20. The third kappa shape index (κ3) is 2.38. The summed E-state index contributed by atoms with van der Waals surface area (Å²) in [6.45, 7) is 0.707. The third-order valence-corrected chi connectivity index (χ3v) is 4.87. The van der Waals surface area contributed by atoms with Crippen molar-refractivity contribution in [3.05, 3.63) is 34.8 Å². The molecule has 4 heteroatoms. The summed E-state index contributed by atoms with van der Waals surface area (Å²) in [5.74, 6) is 1.33. The number of methoxy groups -OCH3 is 1. The molecule has 1 aromatic carbocycles. The van der Waals surface area contributed by atoms with E-state index in [1.54, 1.807) is 7.11 Å². The van der Waals surface area contributed by atoms with Crippen molar-refractivity contribution in [2.75, 3.05) is 13.7 Å². The van der Waals surface area contributed by atoms with E-state index < -0.39 is 0 Å². The number of benzene rings is 1. The smallest absolute Gasteiger partial charge is 0.123 e. The lowest BCUT2D eigenvalue weighted by Crippen LogP contribution is -2.17. The normalized spacial score (nSPS) is 18.1. The topological polar surface area (TPSA) is 48.1 Å². The quantitative estimate of drug-likeness (QED) is 0.935. The Bertz CT molecular complexity index is 562. The van der Waals surface area contributed by atoms with Crippen LogP contribution in [0.4, 0.5) is 0 Å². The SMILES string of the molecule is COc1ccc(-c2nc3c(s2)CCCC3CN)cc1. The molecule has 0 saturated heterocycles. The fourth-order valence-electron chi connectivity index (χ4n) is 2.59. The predicted molar refractivity (Wildman–Crippen MR) is 78.8 cm³/mol. The zero-order valence-electron chi connectivity index (χ0n) is 11.1. The molecule has 0 bridgehead atoms. The van der Waals surface area contributed by atoms with E-state index in [9.17, 15) is 0 Å². The summed E-state index contributed by atoms with van der Waals surface area (Å²) in [5.41, 5.74) is 8.26. The number of rotatable bonds is 3. The van der Waals surface area contributed by atoms with Gasteiger partial charge in [0.2, 0.25) is 0 Å². The second-order valence-corrected chi connectivity index (χ2v) is 5.96. The first-order valence-electron chi connectivity index (χ1n) is 6.66. The number of hydrogen-bond donors (Lipinski definition) is 1. The van der Waals surface area contributed by atoms with E-state index in [0.29, 0.717) is 12.5 Å². The molecule has 3 rings (SSSR count). The summed E-state index contributed by atoms with van der Waals surface area (Å²) in [5, 5.41) is 1.10. The van der Waals surface area contributed by atoms with Gasteiger partial charge in [0.1, 0.15) is 10.8 Å². The number of thiazole rings is 1. The van der Waals surface area contributed by atoms with E-state index in [1.807, 2.05) is 23.5 Å². The molecular weight excluding hydrogens is 256 g/mol. The van der Waals surface area contributed by atoms with Crippen LogP contribution in [0.15, 0.2) is 24.3 Å². The van der Waals surface area contributed by atoms with Crippen LogP contribution in [0.1, 0.15) is 29.3 Å². The average Bonchev–Trinajstić information content (AvgIpc) is 2.91. The van der Waals surface area contributed by atoms with E-state index >= 15 is 0 Å². The number of hydrogen-bond acceptors (Lipinski definition) is 4. The molecule has 0 radical (unpaired) electrons. The lowest BCUT2D eigenvalue weighted by Gasteiger charge is -2.18. The van der Waals surface area contributed by atoms with E-state index in [0.717, 1.165) is 22.7 Å². The van der Waals surface area contributed by atoms with Crippen molar-refractivity contribution in [2.45, 2.75) is 25.2 Å². The van der Waals surface area contributed by atoms with Crippen LogP contribution >= 0.6 is 11.3 Å². The van der Waals surface area contributed by atoms with Gasteiger partial charge in [0.05, 0.1) is 12.8 Å². The van der Waals surface area contributed by atoms with Gasteiger partial charge in [-0.05, 0) is 43.5 Å². The van der Waals surface area contributed by atoms with Crippen molar-refractivity contribution in [1.82, 2.24) is 4.98 Å². The fourth-order valence-corrected chi connectivity index (χ4v) is 3.79. The van der Waals surface area contributed by atoms with Gasteiger partial charge in [-0.2, -0.15) is 0 Å². The Morgan fingerprint density at radius 2 is 2.16 bits per heavy atom. The molecule has 1 aromatic heterocycles. The second kappa shape index (κ2) is 5.31. The molecule has 2 N–H and O–H groups in total. The van der Waals surface area contributed by atoms with Crippen LogP contribution in [0.5, 0.6) is 5.75 Å². The molecule has 0 spiro atoms. The summed E-state index contributed by atoms with van der Waals surface area (Å²) in [6, 6.07) is 8.10. The Morgan fingerprint density at radius 1 is 1.37 bits per heavy atom. The van der Waals surface area contributed by atoms with Gasteiger partial charge in [-0.25, -0.2) is 4.98 Å². The molecule has 3 nitrogen and oxygen atoms in total. The molecule has 0 aliphatic heterocycles. The second-order valence-electron chi connectivity index (χ2n) is 4.88. The van der Waals surface area contributed by atoms with E-state index in [4.69, 9.17) is 15.5 Å². The fraction of sp³-hybridized carbons (Fsp3) is 0.400. The van der Waals surface area contributed by atoms with Gasteiger partial charge in [-0.1, -0.05) is 0 Å². The number of fused-ring (bicyclic) bond motifs is 1. The first-order valence-corrected chi connectivity index (χ1v) is 7.47. The molecule has 0 fully saturated rings. The zero-order chi connectivity index (χ0) is 13.2. The first kappa shape index (κ1) is 12.6. The molecule has 1 aliphatic rings. The number of nitrogens with zero attached hydrogens (tertiary/aromatic N) is 1. The molecule has 1 aliphatic carbocycles. The van der Waals surface area contributed by atoms with Crippen molar-refractivity contribution >= 4 is 11.3 Å². The Kier molecular flexibility index (Phi) is 3.53. The summed E-state index contributed by atoms with van der Waals surface area (Å²) in [4.78, 5) is 6.25. The van der Waals surface area contributed by atoms with Gasteiger partial charge in [0.15, 0.2) is 0 Å². The van der Waals surface area contributed by atoms with Crippen molar-refractivity contribution in [3.63, 3.8) is 0 Å². The molecule has 1 unspecified atom stereocenters. The van der Waals surface area contributed by atoms with Crippen LogP contribution in [0.3, 0.4) is 0 Å². The lowest BCUT2D eigenvalue weighted by molar-refractivity contribution is 0.415. The molecule has 100 valence electrons. The van der Waals surface area contributed by atoms with Crippen LogP contribution in [-0.4, -0.2) is 18.6 Å². The van der Waals surface area contributed by atoms with Crippen molar-refractivity contribution < 1.29 is 4.74 Å². The number of ether oxygens (including phenoxy) is 1. The van der Waals surface area contributed by atoms with Crippen LogP contribution < -0.4 is 10.5 Å². The number of nitrogens with two attached hydrogens (primary N) is 1. The maximum atomic E-state index is 5.85. The Labute approximate surface area is 117 Å². The van der Waals surface area contributed by atoms with Gasteiger partial charge >= 0.3 is 0 Å². The highest BCUT2D eigenvalue weighted by Crippen LogP contribution is 2.37. The van der Waals surface area contributed by atoms with Gasteiger partial charge in [-0.3, -0.25) is 0 Å². The molecule has 19 heavy (non-hydrogen) atoms. The minimum absolute atomic E-state index is 0.451. The Hall–Kier alpha value is -1.39. The highest BCUT2D eigenvalue weighted by Gasteiger charge is 2.23. The highest BCUT2D eigenvalue weighted by atomic mass is 32.1. The highest BCUT2D eigenvalue weighted by molar-refractivity contribution is 7.15. The van der Waals surface area contributed by atoms with Gasteiger partial charge in [0.25, 0.3) is 0 Å². The van der Waals surface area contributed by atoms with Crippen LogP contribution in [-0.2, 0) is 6.42 Å². The number of aromatic nitrogens is 1. The summed E-state index contributed by atoms with van der Waals surface area (Å²) in [7, 11) is 1.68. The lowest BCUT2D eigenvalue weighted by atomic mass is 9.91. The maximum absolute atomic E-state index is 5.85. The summed E-state index contributed by atoms with van der Waals surface area (Å²) < 4.78 is 5.19. The van der Waals surface area contributed by atoms with Crippen LogP contribution in [0, 0.1) is 0 Å². The third-order valence-electron chi connectivity index (χ3n) is 3.69. The van der Waals surface area contributed by atoms with Crippen molar-refractivity contribution in [3.8, 4) is 16.3 Å². The van der Waals surface area contributed by atoms with E-state index in [1.165, 1.54) is 23.4 Å². The zero-order valence-corrected chi connectivity index (χ0v) is 11.9. The monoisotopic (exact) mass is 274 g/mol. The van der Waals surface area contributed by atoms with Gasteiger partial charge in [0, 0.05) is 22.9 Å². The molecule has 1 heterocycles. The maximum Gasteiger partial charge on any atom is 0.123 e.